The highest BCUT2D eigenvalue weighted by Crippen LogP contribution is 2.23. The lowest BCUT2D eigenvalue weighted by atomic mass is 10.3. The van der Waals surface area contributed by atoms with E-state index in [4.69, 9.17) is 5.73 Å². The van der Waals surface area contributed by atoms with Crippen molar-refractivity contribution in [2.45, 2.75) is 45.2 Å². The van der Waals surface area contributed by atoms with Crippen LogP contribution in [0.1, 0.15) is 32.6 Å². The van der Waals surface area contributed by atoms with Gasteiger partial charge in [-0.25, -0.2) is 4.68 Å². The molecule has 1 aromatic rings. The Balaban J connectivity index is 1.96. The van der Waals surface area contributed by atoms with Gasteiger partial charge >= 0.3 is 0 Å². The molecule has 0 amide bonds. The molecule has 0 bridgehead atoms. The van der Waals surface area contributed by atoms with Gasteiger partial charge in [-0.05, 0) is 19.3 Å². The summed E-state index contributed by atoms with van der Waals surface area (Å²) in [5.74, 6) is 1.20. The molecule has 14 heavy (non-hydrogen) atoms. The van der Waals surface area contributed by atoms with Crippen LogP contribution in [-0.4, -0.2) is 20.8 Å². The first-order valence-electron chi connectivity index (χ1n) is 5.26. The fourth-order valence-corrected chi connectivity index (χ4v) is 1.30. The van der Waals surface area contributed by atoms with Crippen LogP contribution < -0.4 is 11.1 Å². The van der Waals surface area contributed by atoms with Gasteiger partial charge in [-0.15, -0.1) is 5.10 Å². The van der Waals surface area contributed by atoms with Gasteiger partial charge in [0, 0.05) is 12.6 Å². The van der Waals surface area contributed by atoms with E-state index in [9.17, 15) is 0 Å². The molecule has 1 fully saturated rings. The Morgan fingerprint density at radius 2 is 2.36 bits per heavy atom. The number of nitrogen functional groups attached to an aromatic ring is 1. The minimum atomic E-state index is 0.515. The zero-order valence-electron chi connectivity index (χ0n) is 8.53. The van der Waals surface area contributed by atoms with Crippen LogP contribution in [0.15, 0.2) is 0 Å². The van der Waals surface area contributed by atoms with Crippen LogP contribution in [0.4, 0.5) is 11.9 Å². The van der Waals surface area contributed by atoms with Crippen molar-refractivity contribution in [3.8, 4) is 0 Å². The van der Waals surface area contributed by atoms with E-state index in [1.54, 1.807) is 4.68 Å². The third-order valence-electron chi connectivity index (χ3n) is 2.33. The summed E-state index contributed by atoms with van der Waals surface area (Å²) in [5.41, 5.74) is 5.73. The van der Waals surface area contributed by atoms with E-state index < -0.39 is 0 Å². The molecule has 1 heterocycles. The molecule has 0 unspecified atom stereocenters. The molecule has 0 saturated heterocycles. The van der Waals surface area contributed by atoms with Gasteiger partial charge in [0.05, 0.1) is 0 Å². The van der Waals surface area contributed by atoms with Gasteiger partial charge in [0.1, 0.15) is 0 Å². The molecule has 1 aromatic heterocycles. The van der Waals surface area contributed by atoms with Gasteiger partial charge in [-0.2, -0.15) is 4.98 Å². The highest BCUT2D eigenvalue weighted by molar-refractivity contribution is 5.33. The van der Waals surface area contributed by atoms with Crippen molar-refractivity contribution in [2.24, 2.45) is 0 Å². The van der Waals surface area contributed by atoms with Gasteiger partial charge in [0.15, 0.2) is 0 Å². The van der Waals surface area contributed by atoms with E-state index in [0.717, 1.165) is 19.4 Å². The van der Waals surface area contributed by atoms with Crippen LogP contribution in [0.5, 0.6) is 0 Å². The SMILES string of the molecule is CCCCn1nc(NC2CC2)nc1N. The first kappa shape index (κ1) is 9.30. The predicted molar refractivity (Wildman–Crippen MR) is 56.0 cm³/mol. The van der Waals surface area contributed by atoms with Crippen LogP contribution in [0.2, 0.25) is 0 Å². The van der Waals surface area contributed by atoms with E-state index in [-0.39, 0.29) is 0 Å². The standard InChI is InChI=1S/C9H17N5/c1-2-3-6-14-8(10)12-9(13-14)11-7-4-5-7/h7H,2-6H2,1H3,(H3,10,11,12,13). The topological polar surface area (TPSA) is 68.8 Å². The van der Waals surface area contributed by atoms with Crippen molar-refractivity contribution >= 4 is 11.9 Å². The maximum absolute atomic E-state index is 5.73. The lowest BCUT2D eigenvalue weighted by Gasteiger charge is -1.99. The molecule has 3 N–H and O–H groups in total. The Hall–Kier alpha value is -1.26. The summed E-state index contributed by atoms with van der Waals surface area (Å²) in [6.07, 6.45) is 4.69. The van der Waals surface area contributed by atoms with E-state index >= 15 is 0 Å². The van der Waals surface area contributed by atoms with Gasteiger partial charge in [0.25, 0.3) is 0 Å². The molecular weight excluding hydrogens is 178 g/mol. The number of aryl methyl sites for hydroxylation is 1. The Bertz CT molecular complexity index is 302. The van der Waals surface area contributed by atoms with Crippen molar-refractivity contribution in [1.82, 2.24) is 14.8 Å². The Morgan fingerprint density at radius 3 is 3.00 bits per heavy atom. The third kappa shape index (κ3) is 2.16. The number of rotatable bonds is 5. The highest BCUT2D eigenvalue weighted by atomic mass is 15.4. The molecule has 0 aromatic carbocycles. The minimum absolute atomic E-state index is 0.515. The number of nitrogens with two attached hydrogens (primary N) is 1. The van der Waals surface area contributed by atoms with Crippen molar-refractivity contribution < 1.29 is 0 Å². The molecular formula is C9H17N5. The average Bonchev–Trinajstić information content (AvgIpc) is 2.88. The largest absolute Gasteiger partial charge is 0.368 e. The van der Waals surface area contributed by atoms with Gasteiger partial charge < -0.3 is 11.1 Å². The number of aromatic nitrogens is 3. The summed E-state index contributed by atoms with van der Waals surface area (Å²) in [5, 5.41) is 7.53. The Morgan fingerprint density at radius 1 is 1.57 bits per heavy atom. The number of unbranched alkanes of at least 4 members (excludes halogenated alkanes) is 1. The van der Waals surface area contributed by atoms with E-state index in [0.29, 0.717) is 17.9 Å². The van der Waals surface area contributed by atoms with Crippen molar-refractivity contribution in [2.75, 3.05) is 11.1 Å². The summed E-state index contributed by atoms with van der Waals surface area (Å²) < 4.78 is 1.77. The molecule has 0 radical (unpaired) electrons. The first-order chi connectivity index (χ1) is 6.79. The van der Waals surface area contributed by atoms with Crippen LogP contribution in [0.3, 0.4) is 0 Å². The lowest BCUT2D eigenvalue weighted by molar-refractivity contribution is 0.579. The molecule has 2 rings (SSSR count). The normalized spacial score (nSPS) is 15.8. The van der Waals surface area contributed by atoms with Crippen LogP contribution in [0, 0.1) is 0 Å². The van der Waals surface area contributed by atoms with E-state index in [1.807, 2.05) is 0 Å². The molecule has 5 heteroatoms. The van der Waals surface area contributed by atoms with Crippen LogP contribution in [-0.2, 0) is 6.54 Å². The maximum atomic E-state index is 5.73. The van der Waals surface area contributed by atoms with Crippen molar-refractivity contribution in [3.05, 3.63) is 0 Å². The van der Waals surface area contributed by atoms with E-state index in [2.05, 4.69) is 22.3 Å². The van der Waals surface area contributed by atoms with Crippen molar-refractivity contribution in [1.29, 1.82) is 0 Å². The number of hydrogen-bond acceptors (Lipinski definition) is 4. The number of hydrogen-bond donors (Lipinski definition) is 2. The smallest absolute Gasteiger partial charge is 0.244 e. The maximum Gasteiger partial charge on any atom is 0.244 e. The second-order valence-electron chi connectivity index (χ2n) is 3.79. The molecule has 0 atom stereocenters. The Labute approximate surface area is 83.7 Å². The molecule has 1 saturated carbocycles. The van der Waals surface area contributed by atoms with Crippen LogP contribution in [0.25, 0.3) is 0 Å². The number of anilines is 2. The molecule has 0 spiro atoms. The van der Waals surface area contributed by atoms with Gasteiger partial charge in [0.2, 0.25) is 11.9 Å². The fourth-order valence-electron chi connectivity index (χ4n) is 1.30. The van der Waals surface area contributed by atoms with Crippen LogP contribution >= 0.6 is 0 Å². The average molecular weight is 195 g/mol. The summed E-state index contributed by atoms with van der Waals surface area (Å²) in [4.78, 5) is 4.16. The lowest BCUT2D eigenvalue weighted by Crippen LogP contribution is -2.06. The second kappa shape index (κ2) is 3.86. The number of nitrogens with one attached hydrogen (secondary N) is 1. The summed E-state index contributed by atoms with van der Waals surface area (Å²) in [6, 6.07) is 0.580. The quantitative estimate of drug-likeness (QED) is 0.741. The first-order valence-corrected chi connectivity index (χ1v) is 5.26. The highest BCUT2D eigenvalue weighted by Gasteiger charge is 2.22. The van der Waals surface area contributed by atoms with Gasteiger partial charge in [-0.3, -0.25) is 0 Å². The minimum Gasteiger partial charge on any atom is -0.368 e. The molecule has 1 aliphatic rings. The number of nitrogens with zero attached hydrogens (tertiary/aromatic N) is 3. The Kier molecular flexibility index (Phi) is 2.56. The van der Waals surface area contributed by atoms with E-state index in [1.165, 1.54) is 12.8 Å². The molecule has 1 aliphatic carbocycles. The molecule has 5 nitrogen and oxygen atoms in total. The summed E-state index contributed by atoms with van der Waals surface area (Å²) >= 11 is 0. The monoisotopic (exact) mass is 195 g/mol. The third-order valence-corrected chi connectivity index (χ3v) is 2.33. The molecule has 0 aliphatic heterocycles. The zero-order chi connectivity index (χ0) is 9.97. The van der Waals surface area contributed by atoms with Gasteiger partial charge in [-0.1, -0.05) is 13.3 Å². The summed E-state index contributed by atoms with van der Waals surface area (Å²) in [6.45, 7) is 3.01. The zero-order valence-corrected chi connectivity index (χ0v) is 8.53. The fraction of sp³-hybridized carbons (Fsp3) is 0.778. The molecule has 78 valence electrons. The predicted octanol–water partition coefficient (Wildman–Crippen LogP) is 1.23. The summed E-state index contributed by atoms with van der Waals surface area (Å²) in [7, 11) is 0. The second-order valence-corrected chi connectivity index (χ2v) is 3.79. The van der Waals surface area contributed by atoms with Crippen molar-refractivity contribution in [3.63, 3.8) is 0 Å².